The molecule has 2 fully saturated rings. The van der Waals surface area contributed by atoms with Gasteiger partial charge in [-0.2, -0.15) is 0 Å². The van der Waals surface area contributed by atoms with Crippen LogP contribution in [0.1, 0.15) is 80.1 Å². The Hall–Kier alpha value is -6.08. The van der Waals surface area contributed by atoms with Crippen LogP contribution in [0, 0.1) is 21.7 Å². The van der Waals surface area contributed by atoms with Gasteiger partial charge >= 0.3 is 48.3 Å². The zero-order valence-corrected chi connectivity index (χ0v) is 38.1. The Morgan fingerprint density at radius 2 is 0.672 bits per heavy atom. The average Bonchev–Trinajstić information content (AvgIpc) is 3.21. The molecule has 2 aliphatic rings. The first-order valence-electron chi connectivity index (χ1n) is 20.8. The van der Waals surface area contributed by atoms with Crippen LogP contribution in [0.4, 0.5) is 19.2 Å². The highest BCUT2D eigenvalue weighted by Crippen LogP contribution is 2.47. The second-order valence-electron chi connectivity index (χ2n) is 17.5. The van der Waals surface area contributed by atoms with E-state index in [4.69, 9.17) is 37.9 Å². The first kappa shape index (κ1) is 55.9. The summed E-state index contributed by atoms with van der Waals surface area (Å²) >= 11 is 0. The molecule has 0 aromatic heterocycles. The molecule has 0 spiro atoms. The molecule has 4 N–H and O–H groups in total. The van der Waals surface area contributed by atoms with E-state index in [9.17, 15) is 38.4 Å². The van der Waals surface area contributed by atoms with E-state index in [0.29, 0.717) is 25.9 Å². The third-order valence-electron chi connectivity index (χ3n) is 9.76. The lowest BCUT2D eigenvalue weighted by Gasteiger charge is -2.46. The van der Waals surface area contributed by atoms with E-state index in [1.165, 1.54) is 0 Å². The number of hydrogen-bond acceptors (Lipinski definition) is 16. The smallest absolute Gasteiger partial charge is 0.407 e. The molecule has 2 aliphatic carbocycles. The average molecular weight is 909 g/mol. The molecule has 0 aromatic rings. The third-order valence-corrected chi connectivity index (χ3v) is 9.76. The lowest BCUT2D eigenvalue weighted by atomic mass is 9.62. The number of esters is 4. The van der Waals surface area contributed by atoms with Gasteiger partial charge in [0.05, 0.1) is 0 Å². The maximum Gasteiger partial charge on any atom is 0.407 e. The van der Waals surface area contributed by atoms with E-state index >= 15 is 0 Å². The molecule has 4 amide bonds. The molecule has 0 aromatic carbocycles. The molecule has 0 aliphatic heterocycles. The summed E-state index contributed by atoms with van der Waals surface area (Å²) in [4.78, 5) is 92.0. The van der Waals surface area contributed by atoms with Crippen LogP contribution in [-0.4, -0.2) is 126 Å². The van der Waals surface area contributed by atoms with Crippen molar-refractivity contribution in [1.82, 2.24) is 21.3 Å². The van der Waals surface area contributed by atoms with Crippen LogP contribution in [0.5, 0.6) is 0 Å². The van der Waals surface area contributed by atoms with Gasteiger partial charge in [0.2, 0.25) is 0 Å². The summed E-state index contributed by atoms with van der Waals surface area (Å²) in [7, 11) is 0. The molecule has 20 heteroatoms. The predicted octanol–water partition coefficient (Wildman–Crippen LogP) is 4.96. The van der Waals surface area contributed by atoms with Gasteiger partial charge in [-0.25, -0.2) is 38.4 Å². The van der Waals surface area contributed by atoms with Crippen LogP contribution in [0.3, 0.4) is 0 Å². The molecule has 0 bridgehead atoms. The normalized spacial score (nSPS) is 21.4. The SMILES string of the molecule is C=CC(=O)OCCOC(=O)NCC1(C)CC(NC(=O)OCCOC(=O)C=C)CC(C)(C)C1.C=CC(=O)OCCOC(=O)NCC1(C)CC(NC(=O)OCCOC(=O)C=C)CC(C)(C)C1. The molecule has 0 heterocycles. The van der Waals surface area contributed by atoms with Crippen molar-refractivity contribution in [2.45, 2.75) is 92.2 Å². The number of amides is 4. The third kappa shape index (κ3) is 25.1. The Bertz CT molecular complexity index is 1530. The minimum Gasteiger partial charge on any atom is -0.459 e. The Balaban J connectivity index is 0.000000640. The first-order valence-corrected chi connectivity index (χ1v) is 20.8. The number of carbonyl (C=O) groups is 8. The predicted molar refractivity (Wildman–Crippen MR) is 231 cm³/mol. The van der Waals surface area contributed by atoms with Crippen LogP contribution >= 0.6 is 0 Å². The lowest BCUT2D eigenvalue weighted by molar-refractivity contribution is -0.139. The molecule has 2 saturated carbocycles. The number of carbonyl (C=O) groups excluding carboxylic acids is 8. The number of nitrogens with one attached hydrogen (secondary N) is 4. The largest absolute Gasteiger partial charge is 0.459 e. The molecular formula is C44H68N4O16. The number of alkyl carbamates (subject to hydrolysis) is 4. The highest BCUT2D eigenvalue weighted by molar-refractivity contribution is 5.82. The minimum atomic E-state index is -0.609. The zero-order valence-electron chi connectivity index (χ0n) is 38.1. The van der Waals surface area contributed by atoms with Crippen LogP contribution in [0.15, 0.2) is 50.6 Å². The number of hydrogen-bond donors (Lipinski definition) is 4. The Labute approximate surface area is 375 Å². The molecule has 64 heavy (non-hydrogen) atoms. The highest BCUT2D eigenvalue weighted by atomic mass is 16.6. The van der Waals surface area contributed by atoms with Gasteiger partial charge in [0.15, 0.2) is 0 Å². The fourth-order valence-electron chi connectivity index (χ4n) is 8.17. The van der Waals surface area contributed by atoms with Crippen molar-refractivity contribution in [3.63, 3.8) is 0 Å². The molecule has 0 saturated heterocycles. The highest BCUT2D eigenvalue weighted by Gasteiger charge is 2.43. The van der Waals surface area contributed by atoms with Crippen molar-refractivity contribution in [2.75, 3.05) is 65.9 Å². The molecule has 360 valence electrons. The zero-order chi connectivity index (χ0) is 48.4. The standard InChI is InChI=1S/2C22H34N2O8/c2*1-6-17(25)29-8-10-31-19(27)23-15-22(5)13-16(12-21(3,4)14-22)24-20(28)32-11-9-30-18(26)7-2/h2*6-7,16H,1-2,8-15H2,3-5H3,(H,23,27)(H,24,28). The van der Waals surface area contributed by atoms with Gasteiger partial charge in [-0.3, -0.25) is 0 Å². The summed E-state index contributed by atoms with van der Waals surface area (Å²) in [6, 6.07) is -0.300. The molecule has 0 radical (unpaired) electrons. The van der Waals surface area contributed by atoms with E-state index in [1.54, 1.807) is 0 Å². The summed E-state index contributed by atoms with van der Waals surface area (Å²) in [5, 5.41) is 11.2. The van der Waals surface area contributed by atoms with Gasteiger partial charge < -0.3 is 59.2 Å². The van der Waals surface area contributed by atoms with E-state index in [1.807, 2.05) is 13.8 Å². The van der Waals surface area contributed by atoms with Gasteiger partial charge in [-0.05, 0) is 60.2 Å². The number of ether oxygens (including phenoxy) is 8. The van der Waals surface area contributed by atoms with Gasteiger partial charge in [0, 0.05) is 49.5 Å². The second kappa shape index (κ2) is 27.9. The monoisotopic (exact) mass is 908 g/mol. The topological polar surface area (TPSA) is 259 Å². The van der Waals surface area contributed by atoms with Crippen LogP contribution in [-0.2, 0) is 57.1 Å². The van der Waals surface area contributed by atoms with Gasteiger partial charge in [-0.15, -0.1) is 0 Å². The molecule has 4 atom stereocenters. The molecule has 2 rings (SSSR count). The van der Waals surface area contributed by atoms with E-state index in [-0.39, 0.29) is 86.6 Å². The van der Waals surface area contributed by atoms with Gasteiger partial charge in [0.1, 0.15) is 52.9 Å². The minimum absolute atomic E-state index is 0.0506. The Morgan fingerprint density at radius 1 is 0.422 bits per heavy atom. The molecule has 4 unspecified atom stereocenters. The lowest BCUT2D eigenvalue weighted by Crippen LogP contribution is -2.50. The Morgan fingerprint density at radius 3 is 0.938 bits per heavy atom. The van der Waals surface area contributed by atoms with Gasteiger partial charge in [-0.1, -0.05) is 67.9 Å². The van der Waals surface area contributed by atoms with Crippen LogP contribution in [0.25, 0.3) is 0 Å². The molecule has 20 nitrogen and oxygen atoms in total. The maximum absolute atomic E-state index is 12.1. The quantitative estimate of drug-likeness (QED) is 0.0484. The first-order chi connectivity index (χ1) is 30.0. The van der Waals surface area contributed by atoms with Gasteiger partial charge in [0.25, 0.3) is 0 Å². The van der Waals surface area contributed by atoms with Crippen LogP contribution < -0.4 is 21.3 Å². The number of rotatable bonds is 22. The maximum atomic E-state index is 12.1. The van der Waals surface area contributed by atoms with E-state index in [2.05, 4.69) is 75.3 Å². The van der Waals surface area contributed by atoms with Crippen LogP contribution in [0.2, 0.25) is 0 Å². The van der Waals surface area contributed by atoms with Crippen molar-refractivity contribution in [1.29, 1.82) is 0 Å². The van der Waals surface area contributed by atoms with E-state index < -0.39 is 48.3 Å². The van der Waals surface area contributed by atoms with Crippen molar-refractivity contribution in [3.8, 4) is 0 Å². The van der Waals surface area contributed by atoms with Crippen molar-refractivity contribution >= 4 is 48.3 Å². The summed E-state index contributed by atoms with van der Waals surface area (Å²) in [6.45, 7) is 25.9. The Kier molecular flexibility index (Phi) is 24.4. The fraction of sp³-hybridized carbons (Fsp3) is 0.636. The molecular weight excluding hydrogens is 840 g/mol. The summed E-state index contributed by atoms with van der Waals surface area (Å²) < 4.78 is 39.1. The summed E-state index contributed by atoms with van der Waals surface area (Å²) in [5.41, 5.74) is -0.717. The van der Waals surface area contributed by atoms with Crippen molar-refractivity contribution in [3.05, 3.63) is 50.6 Å². The van der Waals surface area contributed by atoms with E-state index in [0.717, 1.165) is 50.0 Å². The second-order valence-corrected chi connectivity index (χ2v) is 17.5. The van der Waals surface area contributed by atoms with Crippen molar-refractivity contribution in [2.24, 2.45) is 21.7 Å². The summed E-state index contributed by atoms with van der Waals surface area (Å²) in [5.74, 6) is -2.33. The fourth-order valence-corrected chi connectivity index (χ4v) is 8.17. The summed E-state index contributed by atoms with van der Waals surface area (Å²) in [6.07, 6.45) is 6.17. The van der Waals surface area contributed by atoms with Crippen molar-refractivity contribution < 1.29 is 76.3 Å².